The van der Waals surface area contributed by atoms with Crippen LogP contribution in [-0.4, -0.2) is 29.9 Å². The number of rotatable bonds is 5. The molecule has 1 aliphatic carbocycles. The lowest BCUT2D eigenvalue weighted by Gasteiger charge is -2.15. The van der Waals surface area contributed by atoms with Crippen LogP contribution in [0.3, 0.4) is 0 Å². The van der Waals surface area contributed by atoms with Crippen LogP contribution >= 0.6 is 11.6 Å². The Bertz CT molecular complexity index is 550. The number of halogens is 1. The number of methoxy groups -OCH3 is 1. The Kier molecular flexibility index (Phi) is 5.01. The van der Waals surface area contributed by atoms with Crippen molar-refractivity contribution in [1.29, 1.82) is 0 Å². The number of nitro benzene ring substituents is 1. The van der Waals surface area contributed by atoms with Gasteiger partial charge < -0.3 is 10.1 Å². The first-order valence-electron chi connectivity index (χ1n) is 6.78. The predicted molar refractivity (Wildman–Crippen MR) is 79.0 cm³/mol. The standard InChI is InChI=1S/C14H17ClN2O4/c1-21-13-10(5-3-7-12(13)17(19)20)14(18)16-8-9-4-2-6-11(9)15/h3,5,7,9,11H,2,4,6,8H2,1H3,(H,16,18). The van der Waals surface area contributed by atoms with Crippen LogP contribution in [0.2, 0.25) is 0 Å². The summed E-state index contributed by atoms with van der Waals surface area (Å²) in [6.07, 6.45) is 3.01. The van der Waals surface area contributed by atoms with E-state index < -0.39 is 4.92 Å². The fourth-order valence-corrected chi connectivity index (χ4v) is 2.97. The van der Waals surface area contributed by atoms with E-state index in [0.29, 0.717) is 6.54 Å². The highest BCUT2D eigenvalue weighted by Crippen LogP contribution is 2.31. The van der Waals surface area contributed by atoms with Crippen LogP contribution in [0, 0.1) is 16.0 Å². The van der Waals surface area contributed by atoms with Crippen molar-refractivity contribution in [2.75, 3.05) is 13.7 Å². The maximum Gasteiger partial charge on any atom is 0.311 e. The number of para-hydroxylation sites is 1. The summed E-state index contributed by atoms with van der Waals surface area (Å²) >= 11 is 6.17. The fraction of sp³-hybridized carbons (Fsp3) is 0.500. The minimum Gasteiger partial charge on any atom is -0.490 e. The third-order valence-corrected chi connectivity index (χ3v) is 4.31. The van der Waals surface area contributed by atoms with Gasteiger partial charge in [-0.05, 0) is 24.8 Å². The molecule has 114 valence electrons. The lowest BCUT2D eigenvalue weighted by atomic mass is 10.1. The van der Waals surface area contributed by atoms with Crippen molar-refractivity contribution in [3.05, 3.63) is 33.9 Å². The van der Waals surface area contributed by atoms with E-state index >= 15 is 0 Å². The summed E-state index contributed by atoms with van der Waals surface area (Å²) in [5, 5.41) is 13.8. The molecule has 1 aromatic carbocycles. The molecule has 0 heterocycles. The van der Waals surface area contributed by atoms with Crippen molar-refractivity contribution in [2.45, 2.75) is 24.6 Å². The van der Waals surface area contributed by atoms with Crippen molar-refractivity contribution in [1.82, 2.24) is 5.32 Å². The van der Waals surface area contributed by atoms with Gasteiger partial charge in [-0.15, -0.1) is 11.6 Å². The van der Waals surface area contributed by atoms with E-state index in [1.807, 2.05) is 0 Å². The first-order chi connectivity index (χ1) is 10.0. The quantitative estimate of drug-likeness (QED) is 0.515. The van der Waals surface area contributed by atoms with Crippen molar-refractivity contribution >= 4 is 23.2 Å². The van der Waals surface area contributed by atoms with Crippen LogP contribution in [0.5, 0.6) is 5.75 Å². The van der Waals surface area contributed by atoms with Gasteiger partial charge >= 0.3 is 5.69 Å². The molecule has 2 unspecified atom stereocenters. The number of carbonyl (C=O) groups is 1. The summed E-state index contributed by atoms with van der Waals surface area (Å²) in [7, 11) is 1.31. The SMILES string of the molecule is COc1c(C(=O)NCC2CCCC2Cl)cccc1[N+](=O)[O-]. The van der Waals surface area contributed by atoms with Gasteiger partial charge in [0, 0.05) is 18.0 Å². The molecule has 1 saturated carbocycles. The molecule has 1 fully saturated rings. The van der Waals surface area contributed by atoms with Crippen LogP contribution < -0.4 is 10.1 Å². The van der Waals surface area contributed by atoms with Crippen LogP contribution in [0.15, 0.2) is 18.2 Å². The second kappa shape index (κ2) is 6.76. The molecule has 1 aliphatic rings. The number of carbonyl (C=O) groups excluding carboxylic acids is 1. The number of hydrogen-bond acceptors (Lipinski definition) is 4. The molecule has 21 heavy (non-hydrogen) atoms. The Hall–Kier alpha value is -1.82. The number of nitro groups is 1. The highest BCUT2D eigenvalue weighted by atomic mass is 35.5. The second-order valence-electron chi connectivity index (χ2n) is 5.03. The Morgan fingerprint density at radius 2 is 2.29 bits per heavy atom. The van der Waals surface area contributed by atoms with Crippen molar-refractivity contribution < 1.29 is 14.5 Å². The summed E-state index contributed by atoms with van der Waals surface area (Å²) in [6.45, 7) is 0.471. The normalized spacial score (nSPS) is 21.0. The number of nitrogens with one attached hydrogen (secondary N) is 1. The van der Waals surface area contributed by atoms with Crippen molar-refractivity contribution in [3.63, 3.8) is 0 Å². The molecule has 2 rings (SSSR count). The number of nitrogens with zero attached hydrogens (tertiary/aromatic N) is 1. The zero-order valence-corrected chi connectivity index (χ0v) is 12.4. The number of alkyl halides is 1. The summed E-state index contributed by atoms with van der Waals surface area (Å²) in [5.74, 6) is -0.152. The van der Waals surface area contributed by atoms with Gasteiger partial charge in [0.15, 0.2) is 0 Å². The average Bonchev–Trinajstić information content (AvgIpc) is 2.89. The van der Waals surface area contributed by atoms with Crippen molar-refractivity contribution in [2.24, 2.45) is 5.92 Å². The van der Waals surface area contributed by atoms with Crippen molar-refractivity contribution in [3.8, 4) is 5.75 Å². The highest BCUT2D eigenvalue weighted by molar-refractivity contribution is 6.21. The van der Waals surface area contributed by atoms with E-state index in [2.05, 4.69) is 5.32 Å². The summed E-state index contributed by atoms with van der Waals surface area (Å²) in [6, 6.07) is 4.28. The number of hydrogen-bond donors (Lipinski definition) is 1. The molecule has 6 nitrogen and oxygen atoms in total. The Labute approximate surface area is 127 Å². The van der Waals surface area contributed by atoms with Gasteiger partial charge in [0.2, 0.25) is 5.75 Å². The van der Waals surface area contributed by atoms with E-state index in [-0.39, 0.29) is 34.2 Å². The van der Waals surface area contributed by atoms with E-state index in [4.69, 9.17) is 16.3 Å². The average molecular weight is 313 g/mol. The van der Waals surface area contributed by atoms with Gasteiger partial charge in [0.1, 0.15) is 0 Å². The number of ether oxygens (including phenoxy) is 1. The first kappa shape index (κ1) is 15.6. The third-order valence-electron chi connectivity index (χ3n) is 3.73. The first-order valence-corrected chi connectivity index (χ1v) is 7.22. The molecule has 0 bridgehead atoms. The Morgan fingerprint density at radius 1 is 1.52 bits per heavy atom. The summed E-state index contributed by atoms with van der Waals surface area (Å²) in [4.78, 5) is 22.6. The molecule has 0 spiro atoms. The lowest BCUT2D eigenvalue weighted by Crippen LogP contribution is -2.31. The Balaban J connectivity index is 2.11. The number of benzene rings is 1. The largest absolute Gasteiger partial charge is 0.490 e. The molecule has 1 N–H and O–H groups in total. The molecule has 2 atom stereocenters. The summed E-state index contributed by atoms with van der Waals surface area (Å²) in [5.41, 5.74) is -0.0583. The minimum absolute atomic E-state index is 0.0196. The fourth-order valence-electron chi connectivity index (χ4n) is 2.60. The van der Waals surface area contributed by atoms with Crippen LogP contribution in [-0.2, 0) is 0 Å². The zero-order valence-electron chi connectivity index (χ0n) is 11.7. The van der Waals surface area contributed by atoms with E-state index in [1.165, 1.54) is 25.3 Å². The maximum atomic E-state index is 12.2. The molecular formula is C14H17ClN2O4. The van der Waals surface area contributed by atoms with Gasteiger partial charge in [-0.3, -0.25) is 14.9 Å². The molecule has 0 aliphatic heterocycles. The van der Waals surface area contributed by atoms with Crippen LogP contribution in [0.4, 0.5) is 5.69 Å². The highest BCUT2D eigenvalue weighted by Gasteiger charge is 2.27. The summed E-state index contributed by atoms with van der Waals surface area (Å²) < 4.78 is 5.02. The zero-order chi connectivity index (χ0) is 15.4. The van der Waals surface area contributed by atoms with Crippen LogP contribution in [0.1, 0.15) is 29.6 Å². The van der Waals surface area contributed by atoms with Gasteiger partial charge in [0.05, 0.1) is 17.6 Å². The molecule has 0 saturated heterocycles. The lowest BCUT2D eigenvalue weighted by molar-refractivity contribution is -0.385. The smallest absolute Gasteiger partial charge is 0.311 e. The second-order valence-corrected chi connectivity index (χ2v) is 5.59. The molecule has 1 aromatic rings. The maximum absolute atomic E-state index is 12.2. The molecule has 1 amide bonds. The van der Waals surface area contributed by atoms with E-state index in [0.717, 1.165) is 19.3 Å². The predicted octanol–water partition coefficient (Wildman–Crippen LogP) is 2.74. The Morgan fingerprint density at radius 3 is 2.86 bits per heavy atom. The third kappa shape index (κ3) is 3.44. The van der Waals surface area contributed by atoms with Gasteiger partial charge in [-0.2, -0.15) is 0 Å². The monoisotopic (exact) mass is 312 g/mol. The number of amides is 1. The minimum atomic E-state index is -0.568. The molecule has 0 aromatic heterocycles. The van der Waals surface area contributed by atoms with Gasteiger partial charge in [-0.1, -0.05) is 12.5 Å². The topological polar surface area (TPSA) is 81.5 Å². The van der Waals surface area contributed by atoms with E-state index in [1.54, 1.807) is 0 Å². The van der Waals surface area contributed by atoms with Crippen LogP contribution in [0.25, 0.3) is 0 Å². The molecule has 0 radical (unpaired) electrons. The van der Waals surface area contributed by atoms with Gasteiger partial charge in [0.25, 0.3) is 5.91 Å². The van der Waals surface area contributed by atoms with Gasteiger partial charge in [-0.25, -0.2) is 0 Å². The molecule has 7 heteroatoms. The molecular weight excluding hydrogens is 296 g/mol. The van der Waals surface area contributed by atoms with E-state index in [9.17, 15) is 14.9 Å².